The molecule has 0 aliphatic heterocycles. The van der Waals surface area contributed by atoms with Gasteiger partial charge in [0.15, 0.2) is 9.84 Å². The molecule has 0 heterocycles. The van der Waals surface area contributed by atoms with Gasteiger partial charge in [-0.3, -0.25) is 0 Å². The van der Waals surface area contributed by atoms with Crippen molar-refractivity contribution in [3.63, 3.8) is 0 Å². The molecule has 1 fully saturated rings. The van der Waals surface area contributed by atoms with E-state index in [1.807, 2.05) is 0 Å². The van der Waals surface area contributed by atoms with Crippen molar-refractivity contribution in [3.8, 4) is 0 Å². The van der Waals surface area contributed by atoms with Crippen LogP contribution in [0.25, 0.3) is 0 Å². The lowest BCUT2D eigenvalue weighted by Gasteiger charge is -1.99. The van der Waals surface area contributed by atoms with Crippen LogP contribution in [-0.2, 0) is 19.3 Å². The minimum Gasteiger partial charge on any atom is -0.359 e. The number of methoxy groups -OCH3 is 1. The van der Waals surface area contributed by atoms with Gasteiger partial charge in [-0.15, -0.1) is 0 Å². The lowest BCUT2D eigenvalue weighted by Crippen LogP contribution is -2.00. The Kier molecular flexibility index (Phi) is 4.16. The van der Waals surface area contributed by atoms with Crippen molar-refractivity contribution >= 4 is 9.84 Å². The van der Waals surface area contributed by atoms with Gasteiger partial charge in [0.25, 0.3) is 0 Å². The molecule has 1 aliphatic carbocycles. The maximum absolute atomic E-state index is 11.9. The van der Waals surface area contributed by atoms with E-state index in [1.165, 1.54) is 5.41 Å². The zero-order valence-electron chi connectivity index (χ0n) is 10.2. The molecule has 4 nitrogen and oxygen atoms in total. The first kappa shape index (κ1) is 13.3. The van der Waals surface area contributed by atoms with Gasteiger partial charge in [0.05, 0.1) is 11.0 Å². The second kappa shape index (κ2) is 5.65. The highest BCUT2D eigenvalue weighted by atomic mass is 32.2. The molecular weight excluding hydrogens is 252 g/mol. The van der Waals surface area contributed by atoms with E-state index in [0.717, 1.165) is 6.42 Å². The normalized spacial score (nSPS) is 23.4. The maximum Gasteiger partial charge on any atom is 0.199 e. The van der Waals surface area contributed by atoms with Crippen LogP contribution in [0.5, 0.6) is 0 Å². The third-order valence-electron chi connectivity index (χ3n) is 2.76. The van der Waals surface area contributed by atoms with E-state index in [0.29, 0.717) is 4.90 Å². The van der Waals surface area contributed by atoms with Gasteiger partial charge in [-0.25, -0.2) is 8.42 Å². The number of ether oxygens (including phenoxy) is 2. The fourth-order valence-corrected chi connectivity index (χ4v) is 2.73. The highest BCUT2D eigenvalue weighted by Crippen LogP contribution is 2.35. The SMILES string of the molecule is COCO[C@@H]1C[C@@H]1/C=C/S(=O)(=O)c1ccccc1. The van der Waals surface area contributed by atoms with Crippen LogP contribution in [0.1, 0.15) is 6.42 Å². The minimum absolute atomic E-state index is 0.0900. The molecule has 0 amide bonds. The molecule has 98 valence electrons. The number of hydrogen-bond acceptors (Lipinski definition) is 4. The van der Waals surface area contributed by atoms with Gasteiger partial charge in [0.2, 0.25) is 0 Å². The van der Waals surface area contributed by atoms with Crippen LogP contribution in [0, 0.1) is 5.92 Å². The molecule has 0 N–H and O–H groups in total. The summed E-state index contributed by atoms with van der Waals surface area (Å²) in [4.78, 5) is 0.316. The number of hydrogen-bond donors (Lipinski definition) is 0. The summed E-state index contributed by atoms with van der Waals surface area (Å²) >= 11 is 0. The molecule has 2 rings (SSSR count). The summed E-state index contributed by atoms with van der Waals surface area (Å²) < 4.78 is 34.0. The summed E-state index contributed by atoms with van der Waals surface area (Å²) in [6, 6.07) is 8.39. The van der Waals surface area contributed by atoms with Gasteiger partial charge in [0.1, 0.15) is 6.79 Å². The molecule has 0 aromatic heterocycles. The summed E-state index contributed by atoms with van der Waals surface area (Å²) in [5, 5.41) is 1.27. The van der Waals surface area contributed by atoms with E-state index in [4.69, 9.17) is 9.47 Å². The molecule has 0 spiro atoms. The first-order valence-electron chi connectivity index (χ1n) is 5.72. The average Bonchev–Trinajstić information content (AvgIpc) is 3.14. The Hall–Kier alpha value is -1.17. The largest absolute Gasteiger partial charge is 0.359 e. The lowest BCUT2D eigenvalue weighted by molar-refractivity contribution is -0.0419. The number of benzene rings is 1. The van der Waals surface area contributed by atoms with Crippen LogP contribution in [0.2, 0.25) is 0 Å². The molecule has 0 unspecified atom stereocenters. The highest BCUT2D eigenvalue weighted by molar-refractivity contribution is 7.94. The first-order valence-corrected chi connectivity index (χ1v) is 7.27. The molecule has 0 bridgehead atoms. The van der Waals surface area contributed by atoms with Crippen LogP contribution in [-0.4, -0.2) is 28.4 Å². The molecule has 5 heteroatoms. The third kappa shape index (κ3) is 3.41. The Morgan fingerprint density at radius 1 is 1.33 bits per heavy atom. The molecule has 1 aromatic carbocycles. The van der Waals surface area contributed by atoms with E-state index in [-0.39, 0.29) is 18.8 Å². The van der Waals surface area contributed by atoms with E-state index >= 15 is 0 Å². The summed E-state index contributed by atoms with van der Waals surface area (Å²) in [6.45, 7) is 0.250. The van der Waals surface area contributed by atoms with Crippen LogP contribution < -0.4 is 0 Å². The fraction of sp³-hybridized carbons (Fsp3) is 0.385. The van der Waals surface area contributed by atoms with Gasteiger partial charge in [0, 0.05) is 18.4 Å². The smallest absolute Gasteiger partial charge is 0.199 e. The molecule has 18 heavy (non-hydrogen) atoms. The summed E-state index contributed by atoms with van der Waals surface area (Å²) in [5.74, 6) is 0.179. The lowest BCUT2D eigenvalue weighted by atomic mass is 10.4. The minimum atomic E-state index is -3.33. The molecule has 0 saturated heterocycles. The number of rotatable bonds is 6. The van der Waals surface area contributed by atoms with Gasteiger partial charge in [-0.05, 0) is 18.6 Å². The fourth-order valence-electron chi connectivity index (χ4n) is 1.63. The maximum atomic E-state index is 11.9. The zero-order chi connectivity index (χ0) is 13.0. The highest BCUT2D eigenvalue weighted by Gasteiger charge is 2.36. The van der Waals surface area contributed by atoms with Crippen LogP contribution in [0.15, 0.2) is 46.7 Å². The standard InChI is InChI=1S/C13H16O4S/c1-16-10-17-13-9-11(13)7-8-18(14,15)12-5-3-2-4-6-12/h2-8,11,13H,9-10H2,1H3/b8-7+/t11-,13+/m0/s1. The summed E-state index contributed by atoms with van der Waals surface area (Å²) in [6.07, 6.45) is 2.64. The molecular formula is C13H16O4S. The zero-order valence-corrected chi connectivity index (χ0v) is 11.0. The van der Waals surface area contributed by atoms with Crippen molar-refractivity contribution in [2.45, 2.75) is 17.4 Å². The Bertz CT molecular complexity index is 507. The van der Waals surface area contributed by atoms with Crippen molar-refractivity contribution in [3.05, 3.63) is 41.8 Å². The third-order valence-corrected chi connectivity index (χ3v) is 4.20. The Labute approximate surface area is 107 Å². The summed E-state index contributed by atoms with van der Waals surface area (Å²) in [5.41, 5.74) is 0. The van der Waals surface area contributed by atoms with Crippen molar-refractivity contribution in [2.24, 2.45) is 5.92 Å². The predicted molar refractivity (Wildman–Crippen MR) is 67.6 cm³/mol. The molecule has 1 saturated carbocycles. The molecule has 1 aromatic rings. The Morgan fingerprint density at radius 2 is 2.06 bits per heavy atom. The van der Waals surface area contributed by atoms with Crippen LogP contribution >= 0.6 is 0 Å². The molecule has 1 aliphatic rings. The van der Waals surface area contributed by atoms with Gasteiger partial charge >= 0.3 is 0 Å². The van der Waals surface area contributed by atoms with Crippen LogP contribution in [0.4, 0.5) is 0 Å². The number of sulfone groups is 1. The van der Waals surface area contributed by atoms with Gasteiger partial charge in [-0.1, -0.05) is 24.3 Å². The second-order valence-corrected chi connectivity index (χ2v) is 6.03. The van der Waals surface area contributed by atoms with Crippen molar-refractivity contribution in [2.75, 3.05) is 13.9 Å². The van der Waals surface area contributed by atoms with E-state index in [9.17, 15) is 8.42 Å². The van der Waals surface area contributed by atoms with E-state index < -0.39 is 9.84 Å². The Morgan fingerprint density at radius 3 is 2.72 bits per heavy atom. The van der Waals surface area contributed by atoms with Crippen molar-refractivity contribution < 1.29 is 17.9 Å². The van der Waals surface area contributed by atoms with Gasteiger partial charge in [-0.2, -0.15) is 0 Å². The molecule has 0 radical (unpaired) electrons. The first-order chi connectivity index (χ1) is 8.63. The summed E-state index contributed by atoms with van der Waals surface area (Å²) in [7, 11) is -1.76. The second-order valence-electron chi connectivity index (χ2n) is 4.20. The van der Waals surface area contributed by atoms with Crippen molar-refractivity contribution in [1.29, 1.82) is 0 Å². The average molecular weight is 268 g/mol. The van der Waals surface area contributed by atoms with Crippen LogP contribution in [0.3, 0.4) is 0 Å². The van der Waals surface area contributed by atoms with Crippen molar-refractivity contribution in [1.82, 2.24) is 0 Å². The van der Waals surface area contributed by atoms with Gasteiger partial charge < -0.3 is 9.47 Å². The quantitative estimate of drug-likeness (QED) is 0.740. The predicted octanol–water partition coefficient (Wildman–Crippen LogP) is 1.98. The Balaban J connectivity index is 1.94. The monoisotopic (exact) mass is 268 g/mol. The molecule has 2 atom stereocenters. The van der Waals surface area contributed by atoms with E-state index in [2.05, 4.69) is 0 Å². The van der Waals surface area contributed by atoms with E-state index in [1.54, 1.807) is 43.5 Å². The topological polar surface area (TPSA) is 52.6 Å².